The maximum Gasteiger partial charge on any atom is 0.180 e. The highest BCUT2D eigenvalue weighted by atomic mass is 32.1. The molecule has 0 saturated carbocycles. The molecule has 0 saturated heterocycles. The molecule has 22 heavy (non-hydrogen) atoms. The van der Waals surface area contributed by atoms with Crippen molar-refractivity contribution in [3.63, 3.8) is 0 Å². The third-order valence-electron chi connectivity index (χ3n) is 3.94. The first-order valence-electron chi connectivity index (χ1n) is 7.19. The highest BCUT2D eigenvalue weighted by Crippen LogP contribution is 2.37. The molecule has 2 heterocycles. The van der Waals surface area contributed by atoms with Crippen molar-refractivity contribution < 1.29 is 0 Å². The number of anilines is 2. The molecule has 1 atom stereocenters. The van der Waals surface area contributed by atoms with Crippen LogP contribution in [-0.2, 0) is 0 Å². The van der Waals surface area contributed by atoms with E-state index < -0.39 is 0 Å². The van der Waals surface area contributed by atoms with Crippen LogP contribution in [0.5, 0.6) is 0 Å². The van der Waals surface area contributed by atoms with Crippen molar-refractivity contribution in [2.24, 2.45) is 0 Å². The summed E-state index contributed by atoms with van der Waals surface area (Å²) in [7, 11) is 0. The van der Waals surface area contributed by atoms with Crippen LogP contribution < -0.4 is 11.5 Å². The first-order chi connectivity index (χ1) is 10.6. The van der Waals surface area contributed by atoms with E-state index in [4.69, 9.17) is 11.5 Å². The number of hydrogen-bond acceptors (Lipinski definition) is 6. The Morgan fingerprint density at radius 1 is 1.32 bits per heavy atom. The van der Waals surface area contributed by atoms with Gasteiger partial charge in [-0.15, -0.1) is 0 Å². The van der Waals surface area contributed by atoms with E-state index >= 15 is 0 Å². The van der Waals surface area contributed by atoms with Crippen LogP contribution >= 0.6 is 11.3 Å². The van der Waals surface area contributed by atoms with Crippen molar-refractivity contribution in [3.8, 4) is 16.6 Å². The third kappa shape index (κ3) is 2.55. The zero-order valence-electron chi connectivity index (χ0n) is 12.3. The predicted octanol–water partition coefficient (Wildman–Crippen LogP) is 3.37. The quantitative estimate of drug-likeness (QED) is 0.828. The van der Waals surface area contributed by atoms with E-state index in [0.29, 0.717) is 16.6 Å². The molecule has 4 N–H and O–H groups in total. The minimum atomic E-state index is 0.288. The number of allylic oxidation sites excluding steroid dienone is 2. The van der Waals surface area contributed by atoms with Crippen LogP contribution in [0.4, 0.5) is 10.9 Å². The number of pyridine rings is 1. The summed E-state index contributed by atoms with van der Waals surface area (Å²) in [6.45, 7) is 1.90. The molecule has 2 aromatic heterocycles. The number of rotatable bonds is 2. The summed E-state index contributed by atoms with van der Waals surface area (Å²) in [5.74, 6) is 0.602. The Labute approximate surface area is 133 Å². The topological polar surface area (TPSA) is 102 Å². The molecule has 1 aliphatic carbocycles. The normalized spacial score (nSPS) is 17.4. The molecule has 6 heteroatoms. The average Bonchev–Trinajstić information content (AvgIpc) is 2.86. The van der Waals surface area contributed by atoms with E-state index in [9.17, 15) is 5.26 Å². The Kier molecular flexibility index (Phi) is 3.82. The fourth-order valence-corrected chi connectivity index (χ4v) is 3.67. The fraction of sp³-hybridized carbons (Fsp3) is 0.312. The van der Waals surface area contributed by atoms with Crippen LogP contribution in [0.25, 0.3) is 10.6 Å². The monoisotopic (exact) mass is 311 g/mol. The Morgan fingerprint density at radius 3 is 2.73 bits per heavy atom. The Morgan fingerprint density at radius 2 is 2.14 bits per heavy atom. The van der Waals surface area contributed by atoms with Gasteiger partial charge in [-0.1, -0.05) is 23.5 Å². The highest BCUT2D eigenvalue weighted by Gasteiger charge is 2.21. The second-order valence-corrected chi connectivity index (χ2v) is 6.45. The van der Waals surface area contributed by atoms with Gasteiger partial charge in [0.25, 0.3) is 0 Å². The zero-order valence-corrected chi connectivity index (χ0v) is 13.2. The molecular formula is C16H17N5S. The molecular weight excluding hydrogens is 294 g/mol. The summed E-state index contributed by atoms with van der Waals surface area (Å²) in [4.78, 5) is 9.56. The number of nitrogen functional groups attached to an aromatic ring is 2. The van der Waals surface area contributed by atoms with Gasteiger partial charge < -0.3 is 11.5 Å². The van der Waals surface area contributed by atoms with E-state index in [0.717, 1.165) is 41.1 Å². The third-order valence-corrected chi connectivity index (χ3v) is 4.95. The molecule has 112 valence electrons. The van der Waals surface area contributed by atoms with Crippen molar-refractivity contribution in [1.82, 2.24) is 9.97 Å². The molecule has 0 fully saturated rings. The van der Waals surface area contributed by atoms with Gasteiger partial charge in [-0.05, 0) is 43.7 Å². The molecule has 0 aromatic carbocycles. The van der Waals surface area contributed by atoms with Crippen molar-refractivity contribution >= 4 is 22.3 Å². The lowest BCUT2D eigenvalue weighted by molar-refractivity contribution is 0.615. The van der Waals surface area contributed by atoms with Crippen molar-refractivity contribution in [3.05, 3.63) is 35.0 Å². The molecule has 0 aliphatic heterocycles. The molecule has 2 aromatic rings. The molecule has 1 aliphatic rings. The van der Waals surface area contributed by atoms with Crippen LogP contribution in [0.2, 0.25) is 0 Å². The lowest BCUT2D eigenvalue weighted by Gasteiger charge is -2.20. The van der Waals surface area contributed by atoms with E-state index in [1.165, 1.54) is 11.3 Å². The Bertz CT molecular complexity index is 785. The number of aryl methyl sites for hydroxylation is 1. The van der Waals surface area contributed by atoms with Gasteiger partial charge in [-0.2, -0.15) is 5.26 Å². The summed E-state index contributed by atoms with van der Waals surface area (Å²) < 4.78 is 0. The number of nitrogens with two attached hydrogens (primary N) is 2. The predicted molar refractivity (Wildman–Crippen MR) is 89.4 cm³/mol. The largest absolute Gasteiger partial charge is 0.383 e. The van der Waals surface area contributed by atoms with Crippen LogP contribution in [0.3, 0.4) is 0 Å². The minimum Gasteiger partial charge on any atom is -0.383 e. The second-order valence-electron chi connectivity index (χ2n) is 5.42. The van der Waals surface area contributed by atoms with Crippen molar-refractivity contribution in [2.75, 3.05) is 11.5 Å². The van der Waals surface area contributed by atoms with Crippen LogP contribution in [0.15, 0.2) is 18.2 Å². The first kappa shape index (κ1) is 14.5. The van der Waals surface area contributed by atoms with E-state index in [2.05, 4.69) is 28.2 Å². The van der Waals surface area contributed by atoms with Gasteiger partial charge in [0.15, 0.2) is 5.13 Å². The SMILES string of the molecule is Cc1nc(N)sc1-c1cc([C@H]2CC=CCC2)c(C#N)c(N)n1. The molecule has 3 rings (SSSR count). The first-order valence-corrected chi connectivity index (χ1v) is 8.00. The maximum atomic E-state index is 9.43. The Balaban J connectivity index is 2.14. The van der Waals surface area contributed by atoms with E-state index in [1.54, 1.807) is 0 Å². The van der Waals surface area contributed by atoms with Gasteiger partial charge in [-0.25, -0.2) is 9.97 Å². The van der Waals surface area contributed by atoms with Crippen LogP contribution in [0.1, 0.15) is 42.0 Å². The van der Waals surface area contributed by atoms with Gasteiger partial charge >= 0.3 is 0 Å². The zero-order chi connectivity index (χ0) is 15.7. The molecule has 0 unspecified atom stereocenters. The van der Waals surface area contributed by atoms with Crippen LogP contribution in [-0.4, -0.2) is 9.97 Å². The number of nitrogens with zero attached hydrogens (tertiary/aromatic N) is 3. The minimum absolute atomic E-state index is 0.288. The van der Waals surface area contributed by atoms with Gasteiger partial charge in [0.05, 0.1) is 21.8 Å². The lowest BCUT2D eigenvalue weighted by atomic mass is 9.85. The van der Waals surface area contributed by atoms with E-state index in [1.807, 2.05) is 13.0 Å². The smallest absolute Gasteiger partial charge is 0.180 e. The van der Waals surface area contributed by atoms with E-state index in [-0.39, 0.29) is 5.82 Å². The van der Waals surface area contributed by atoms with Crippen LogP contribution in [0, 0.1) is 18.3 Å². The standard InChI is InChI=1S/C16H17N5S/c1-9-14(22-16(19)20-9)13-7-11(10-5-3-2-4-6-10)12(8-17)15(18)21-13/h2-3,7,10H,4-6H2,1H3,(H2,18,21)(H2,19,20)/t10-/m0/s1. The number of thiazole rings is 1. The van der Waals surface area contributed by atoms with Gasteiger partial charge in [0.2, 0.25) is 0 Å². The molecule has 0 bridgehead atoms. The highest BCUT2D eigenvalue weighted by molar-refractivity contribution is 7.18. The summed E-state index contributed by atoms with van der Waals surface area (Å²) >= 11 is 1.40. The van der Waals surface area contributed by atoms with Crippen molar-refractivity contribution in [2.45, 2.75) is 32.1 Å². The molecule has 5 nitrogen and oxygen atoms in total. The summed E-state index contributed by atoms with van der Waals surface area (Å²) in [6.07, 6.45) is 7.34. The molecule has 0 radical (unpaired) electrons. The number of aromatic nitrogens is 2. The fourth-order valence-electron chi connectivity index (χ4n) is 2.88. The van der Waals surface area contributed by atoms with Gasteiger partial charge in [-0.3, -0.25) is 0 Å². The van der Waals surface area contributed by atoms with Crippen molar-refractivity contribution in [1.29, 1.82) is 5.26 Å². The lowest BCUT2D eigenvalue weighted by Crippen LogP contribution is -2.08. The Hall–Kier alpha value is -2.39. The summed E-state index contributed by atoms with van der Waals surface area (Å²) in [5, 5.41) is 9.95. The summed E-state index contributed by atoms with van der Waals surface area (Å²) in [5.41, 5.74) is 14.9. The molecule has 0 amide bonds. The van der Waals surface area contributed by atoms with Gasteiger partial charge in [0, 0.05) is 0 Å². The maximum absolute atomic E-state index is 9.43. The molecule has 0 spiro atoms. The number of nitriles is 1. The number of hydrogen-bond donors (Lipinski definition) is 2. The summed E-state index contributed by atoms with van der Waals surface area (Å²) in [6, 6.07) is 4.20. The second kappa shape index (κ2) is 5.78. The average molecular weight is 311 g/mol. The van der Waals surface area contributed by atoms with Gasteiger partial charge in [0.1, 0.15) is 11.9 Å².